The van der Waals surface area contributed by atoms with Gasteiger partial charge in [-0.25, -0.2) is 4.98 Å². The largest absolute Gasteiger partial charge is 0.497 e. The molecule has 4 rings (SSSR count). The van der Waals surface area contributed by atoms with Crippen LogP contribution in [0.3, 0.4) is 0 Å². The second-order valence-electron chi connectivity index (χ2n) is 6.88. The Balaban J connectivity index is 1.62. The van der Waals surface area contributed by atoms with E-state index in [1.807, 2.05) is 36.4 Å². The highest BCUT2D eigenvalue weighted by Gasteiger charge is 2.17. The van der Waals surface area contributed by atoms with Gasteiger partial charge in [-0.1, -0.05) is 53.7 Å². The third kappa shape index (κ3) is 4.70. The van der Waals surface area contributed by atoms with Crippen molar-refractivity contribution in [2.24, 2.45) is 0 Å². The van der Waals surface area contributed by atoms with Crippen molar-refractivity contribution in [3.05, 3.63) is 82.9 Å². The lowest BCUT2D eigenvalue weighted by Gasteiger charge is -2.11. The monoisotopic (exact) mass is 452 g/mol. The smallest absolute Gasteiger partial charge is 0.176 e. The van der Waals surface area contributed by atoms with Crippen molar-refractivity contribution in [2.45, 2.75) is 11.7 Å². The standard InChI is InChI=1S/C24H21ClN2O3S/c1-29-18-9-10-19(23(13-18)30-2)22(28)15-31-24-26-20-12-17(25)8-11-21(20)27(24)14-16-6-4-3-5-7-16/h3-13H,14-15H2,1-2H3. The van der Waals surface area contributed by atoms with Crippen LogP contribution in [0.4, 0.5) is 0 Å². The fraction of sp³-hybridized carbons (Fsp3) is 0.167. The average Bonchev–Trinajstić information content (AvgIpc) is 3.13. The van der Waals surface area contributed by atoms with Crippen molar-refractivity contribution in [1.82, 2.24) is 9.55 Å². The van der Waals surface area contributed by atoms with Crippen LogP contribution in [-0.2, 0) is 6.54 Å². The summed E-state index contributed by atoms with van der Waals surface area (Å²) in [5.74, 6) is 1.33. The number of imidazole rings is 1. The molecule has 5 nitrogen and oxygen atoms in total. The molecule has 0 bridgehead atoms. The second kappa shape index (κ2) is 9.45. The van der Waals surface area contributed by atoms with Crippen molar-refractivity contribution < 1.29 is 14.3 Å². The highest BCUT2D eigenvalue weighted by atomic mass is 35.5. The summed E-state index contributed by atoms with van der Waals surface area (Å²) in [7, 11) is 3.12. The van der Waals surface area contributed by atoms with Crippen molar-refractivity contribution in [3.8, 4) is 11.5 Å². The van der Waals surface area contributed by atoms with Crippen LogP contribution < -0.4 is 9.47 Å². The maximum absolute atomic E-state index is 12.9. The molecule has 31 heavy (non-hydrogen) atoms. The zero-order valence-electron chi connectivity index (χ0n) is 17.2. The minimum atomic E-state index is -0.0409. The summed E-state index contributed by atoms with van der Waals surface area (Å²) in [6.45, 7) is 0.654. The Morgan fingerprint density at radius 1 is 1.03 bits per heavy atom. The molecule has 0 aliphatic carbocycles. The molecule has 0 atom stereocenters. The molecule has 4 aromatic rings. The van der Waals surface area contributed by atoms with Gasteiger partial charge in [-0.3, -0.25) is 4.79 Å². The number of ether oxygens (including phenoxy) is 2. The van der Waals surface area contributed by atoms with Crippen LogP contribution >= 0.6 is 23.4 Å². The molecule has 0 saturated carbocycles. The minimum absolute atomic E-state index is 0.0409. The highest BCUT2D eigenvalue weighted by Crippen LogP contribution is 2.30. The van der Waals surface area contributed by atoms with E-state index in [1.54, 1.807) is 32.4 Å². The number of rotatable bonds is 8. The molecule has 3 aromatic carbocycles. The first-order chi connectivity index (χ1) is 15.1. The third-order valence-electron chi connectivity index (χ3n) is 4.90. The van der Waals surface area contributed by atoms with Crippen LogP contribution in [0.25, 0.3) is 11.0 Å². The van der Waals surface area contributed by atoms with Crippen molar-refractivity contribution in [2.75, 3.05) is 20.0 Å². The molecule has 0 aliphatic rings. The normalized spacial score (nSPS) is 10.9. The summed E-state index contributed by atoms with van der Waals surface area (Å²) in [6.07, 6.45) is 0. The Labute approximate surface area is 190 Å². The van der Waals surface area contributed by atoms with E-state index in [-0.39, 0.29) is 11.5 Å². The Bertz CT molecular complexity index is 1220. The van der Waals surface area contributed by atoms with E-state index < -0.39 is 0 Å². The SMILES string of the molecule is COc1ccc(C(=O)CSc2nc3cc(Cl)ccc3n2Cc2ccccc2)c(OC)c1. The van der Waals surface area contributed by atoms with Gasteiger partial charge in [0.2, 0.25) is 0 Å². The summed E-state index contributed by atoms with van der Waals surface area (Å²) in [5.41, 5.74) is 3.46. The fourth-order valence-corrected chi connectivity index (χ4v) is 4.41. The number of benzene rings is 3. The van der Waals surface area contributed by atoms with Crippen LogP contribution in [0.5, 0.6) is 11.5 Å². The molecular formula is C24H21ClN2O3S. The molecule has 7 heteroatoms. The predicted molar refractivity (Wildman–Crippen MR) is 125 cm³/mol. The molecule has 0 N–H and O–H groups in total. The first-order valence-corrected chi connectivity index (χ1v) is 11.0. The molecule has 0 spiro atoms. The van der Waals surface area contributed by atoms with Crippen LogP contribution in [0.2, 0.25) is 5.02 Å². The van der Waals surface area contributed by atoms with Crippen LogP contribution in [0, 0.1) is 0 Å². The van der Waals surface area contributed by atoms with Crippen LogP contribution in [0.15, 0.2) is 71.9 Å². The number of halogens is 1. The van der Waals surface area contributed by atoms with Crippen molar-refractivity contribution >= 4 is 40.2 Å². The van der Waals surface area contributed by atoms with Gasteiger partial charge in [0.1, 0.15) is 11.5 Å². The van der Waals surface area contributed by atoms with Gasteiger partial charge in [-0.2, -0.15) is 0 Å². The zero-order chi connectivity index (χ0) is 21.8. The van der Waals surface area contributed by atoms with E-state index >= 15 is 0 Å². The molecular weight excluding hydrogens is 432 g/mol. The van der Waals surface area contributed by atoms with Crippen molar-refractivity contribution in [3.63, 3.8) is 0 Å². The molecule has 0 unspecified atom stereocenters. The molecule has 0 fully saturated rings. The summed E-state index contributed by atoms with van der Waals surface area (Å²) in [4.78, 5) is 17.7. The molecule has 1 heterocycles. The second-order valence-corrected chi connectivity index (χ2v) is 8.26. The molecule has 158 valence electrons. The van der Waals surface area contributed by atoms with Crippen LogP contribution in [-0.4, -0.2) is 35.3 Å². The maximum Gasteiger partial charge on any atom is 0.176 e. The molecule has 0 radical (unpaired) electrons. The Kier molecular flexibility index (Phi) is 6.49. The molecule has 1 aromatic heterocycles. The first-order valence-electron chi connectivity index (χ1n) is 9.67. The Morgan fingerprint density at radius 3 is 2.58 bits per heavy atom. The van der Waals surface area contributed by atoms with Gasteiger partial charge in [-0.05, 0) is 35.9 Å². The zero-order valence-corrected chi connectivity index (χ0v) is 18.7. The van der Waals surface area contributed by atoms with Gasteiger partial charge in [0.25, 0.3) is 0 Å². The summed E-state index contributed by atoms with van der Waals surface area (Å²) >= 11 is 7.57. The summed E-state index contributed by atoms with van der Waals surface area (Å²) in [5, 5.41) is 1.40. The number of fused-ring (bicyclic) bond motifs is 1. The minimum Gasteiger partial charge on any atom is -0.497 e. The van der Waals surface area contributed by atoms with Crippen LogP contribution in [0.1, 0.15) is 15.9 Å². The number of carbonyl (C=O) groups is 1. The Hall–Kier alpha value is -2.96. The van der Waals surface area contributed by atoms with Gasteiger partial charge in [0.05, 0.1) is 43.1 Å². The number of carbonyl (C=O) groups excluding carboxylic acids is 1. The maximum atomic E-state index is 12.9. The van der Waals surface area contributed by atoms with Gasteiger partial charge in [0.15, 0.2) is 10.9 Å². The highest BCUT2D eigenvalue weighted by molar-refractivity contribution is 7.99. The average molecular weight is 453 g/mol. The summed E-state index contributed by atoms with van der Waals surface area (Å²) in [6, 6.07) is 21.0. The number of aromatic nitrogens is 2. The van der Waals surface area contributed by atoms with E-state index in [1.165, 1.54) is 11.8 Å². The number of thioether (sulfide) groups is 1. The van der Waals surface area contributed by atoms with E-state index in [0.717, 1.165) is 21.8 Å². The van der Waals surface area contributed by atoms with Gasteiger partial charge >= 0.3 is 0 Å². The lowest BCUT2D eigenvalue weighted by Crippen LogP contribution is -2.07. The van der Waals surface area contributed by atoms with E-state index in [9.17, 15) is 4.79 Å². The predicted octanol–water partition coefficient (Wildman–Crippen LogP) is 5.73. The fourth-order valence-electron chi connectivity index (χ4n) is 3.35. The van der Waals surface area contributed by atoms with Gasteiger partial charge in [0, 0.05) is 11.1 Å². The lowest BCUT2D eigenvalue weighted by molar-refractivity contribution is 0.101. The number of hydrogen-bond donors (Lipinski definition) is 0. The topological polar surface area (TPSA) is 53.3 Å². The lowest BCUT2D eigenvalue weighted by atomic mass is 10.1. The molecule has 0 saturated heterocycles. The van der Waals surface area contributed by atoms with Gasteiger partial charge < -0.3 is 14.0 Å². The van der Waals surface area contributed by atoms with E-state index in [4.69, 9.17) is 26.1 Å². The van der Waals surface area contributed by atoms with E-state index in [2.05, 4.69) is 16.7 Å². The quantitative estimate of drug-likeness (QED) is 0.252. The number of methoxy groups -OCH3 is 2. The third-order valence-corrected chi connectivity index (χ3v) is 6.11. The van der Waals surface area contributed by atoms with Crippen molar-refractivity contribution in [1.29, 1.82) is 0 Å². The number of Topliss-reactive ketones (excluding diaryl/α,β-unsaturated/α-hetero) is 1. The number of ketones is 1. The Morgan fingerprint density at radius 2 is 1.84 bits per heavy atom. The van der Waals surface area contributed by atoms with E-state index in [0.29, 0.717) is 28.6 Å². The summed E-state index contributed by atoms with van der Waals surface area (Å²) < 4.78 is 12.7. The van der Waals surface area contributed by atoms with Gasteiger partial charge in [-0.15, -0.1) is 0 Å². The number of nitrogens with zero attached hydrogens (tertiary/aromatic N) is 2. The first kappa shape index (κ1) is 21.3. The molecule has 0 aliphatic heterocycles. The number of hydrogen-bond acceptors (Lipinski definition) is 5. The molecule has 0 amide bonds.